The van der Waals surface area contributed by atoms with Crippen LogP contribution in [0.4, 0.5) is 5.82 Å². The highest BCUT2D eigenvalue weighted by molar-refractivity contribution is 9.10. The van der Waals surface area contributed by atoms with Crippen LogP contribution >= 0.6 is 15.9 Å². The van der Waals surface area contributed by atoms with Crippen molar-refractivity contribution in [2.45, 2.75) is 11.8 Å². The number of pyridine rings is 1. The van der Waals surface area contributed by atoms with Gasteiger partial charge < -0.3 is 5.11 Å². The Morgan fingerprint density at radius 3 is 2.67 bits per heavy atom. The van der Waals surface area contributed by atoms with E-state index in [-0.39, 0.29) is 16.3 Å². The zero-order chi connectivity index (χ0) is 15.6. The summed E-state index contributed by atoms with van der Waals surface area (Å²) < 4.78 is 27.2. The van der Waals surface area contributed by atoms with Gasteiger partial charge in [0.25, 0.3) is 10.0 Å². The van der Waals surface area contributed by atoms with E-state index < -0.39 is 16.0 Å². The van der Waals surface area contributed by atoms with E-state index in [9.17, 15) is 13.2 Å². The molecular formula is C13H11BrN2O4S. The Labute approximate surface area is 130 Å². The van der Waals surface area contributed by atoms with Crippen molar-refractivity contribution in [1.29, 1.82) is 0 Å². The first kappa shape index (κ1) is 15.5. The molecule has 0 aliphatic rings. The number of aromatic nitrogens is 1. The lowest BCUT2D eigenvalue weighted by Gasteiger charge is -2.10. The molecule has 0 amide bonds. The summed E-state index contributed by atoms with van der Waals surface area (Å²) in [4.78, 5) is 14.9. The van der Waals surface area contributed by atoms with E-state index >= 15 is 0 Å². The lowest BCUT2D eigenvalue weighted by atomic mass is 10.2. The highest BCUT2D eigenvalue weighted by Gasteiger charge is 2.19. The number of anilines is 1. The van der Waals surface area contributed by atoms with Gasteiger partial charge in [-0.25, -0.2) is 18.2 Å². The van der Waals surface area contributed by atoms with Crippen LogP contribution in [0.5, 0.6) is 0 Å². The van der Waals surface area contributed by atoms with Gasteiger partial charge in [-0.2, -0.15) is 0 Å². The molecule has 8 heteroatoms. The number of aromatic carboxylic acids is 1. The minimum atomic E-state index is -3.91. The molecule has 0 unspecified atom stereocenters. The smallest absolute Gasteiger partial charge is 0.336 e. The zero-order valence-corrected chi connectivity index (χ0v) is 13.3. The van der Waals surface area contributed by atoms with Gasteiger partial charge in [0.1, 0.15) is 5.82 Å². The number of carboxylic acids is 1. The van der Waals surface area contributed by atoms with Crippen molar-refractivity contribution in [2.24, 2.45) is 0 Å². The Bertz CT molecular complexity index is 806. The molecule has 2 rings (SSSR count). The highest BCUT2D eigenvalue weighted by atomic mass is 79.9. The molecule has 2 aromatic rings. The Morgan fingerprint density at radius 2 is 2.05 bits per heavy atom. The van der Waals surface area contributed by atoms with E-state index in [2.05, 4.69) is 25.6 Å². The predicted molar refractivity (Wildman–Crippen MR) is 80.9 cm³/mol. The molecule has 110 valence electrons. The van der Waals surface area contributed by atoms with E-state index in [0.29, 0.717) is 10.0 Å². The SMILES string of the molecule is Cc1cccnc1NS(=O)(=O)c1ccc(Br)c(C(=O)O)c1. The molecular weight excluding hydrogens is 360 g/mol. The molecule has 0 aliphatic heterocycles. The summed E-state index contributed by atoms with van der Waals surface area (Å²) in [5, 5.41) is 9.03. The standard InChI is InChI=1S/C13H11BrN2O4S/c1-8-3-2-6-15-12(8)16-21(19,20)9-4-5-11(14)10(7-9)13(17)18/h2-7H,1H3,(H,15,16)(H,17,18). The second kappa shape index (κ2) is 5.82. The number of nitrogens with zero attached hydrogens (tertiary/aromatic N) is 1. The Morgan fingerprint density at radius 1 is 1.33 bits per heavy atom. The molecule has 0 fully saturated rings. The summed E-state index contributed by atoms with van der Waals surface area (Å²) in [6.45, 7) is 1.72. The third-order valence-corrected chi connectivity index (χ3v) is 4.75. The van der Waals surface area contributed by atoms with E-state index in [1.807, 2.05) is 0 Å². The van der Waals surface area contributed by atoms with Gasteiger partial charge in [-0.1, -0.05) is 6.07 Å². The maximum absolute atomic E-state index is 12.3. The Balaban J connectivity index is 2.43. The second-order valence-electron chi connectivity index (χ2n) is 4.22. The number of hydrogen-bond acceptors (Lipinski definition) is 4. The van der Waals surface area contributed by atoms with Gasteiger partial charge in [0.05, 0.1) is 10.5 Å². The maximum atomic E-state index is 12.3. The van der Waals surface area contributed by atoms with Crippen LogP contribution in [0.3, 0.4) is 0 Å². The number of carbonyl (C=O) groups is 1. The fourth-order valence-electron chi connectivity index (χ4n) is 1.61. The number of hydrogen-bond donors (Lipinski definition) is 2. The molecule has 1 heterocycles. The van der Waals surface area contributed by atoms with Crippen LogP contribution in [0, 0.1) is 6.92 Å². The monoisotopic (exact) mass is 370 g/mol. The Hall–Kier alpha value is -1.93. The van der Waals surface area contributed by atoms with Crippen molar-refractivity contribution in [2.75, 3.05) is 4.72 Å². The van der Waals surface area contributed by atoms with Crippen LogP contribution in [0.1, 0.15) is 15.9 Å². The van der Waals surface area contributed by atoms with E-state index in [0.717, 1.165) is 6.07 Å². The van der Waals surface area contributed by atoms with Crippen LogP contribution in [-0.4, -0.2) is 24.5 Å². The molecule has 0 radical (unpaired) electrons. The molecule has 2 N–H and O–H groups in total. The van der Waals surface area contributed by atoms with Gasteiger partial charge in [-0.05, 0) is 52.7 Å². The van der Waals surface area contributed by atoms with Crippen LogP contribution < -0.4 is 4.72 Å². The van der Waals surface area contributed by atoms with Crippen LogP contribution in [0.15, 0.2) is 45.9 Å². The minimum Gasteiger partial charge on any atom is -0.478 e. The molecule has 0 saturated carbocycles. The maximum Gasteiger partial charge on any atom is 0.336 e. The number of sulfonamides is 1. The highest BCUT2D eigenvalue weighted by Crippen LogP contribution is 2.23. The summed E-state index contributed by atoms with van der Waals surface area (Å²) in [6, 6.07) is 7.19. The number of nitrogens with one attached hydrogen (secondary N) is 1. The van der Waals surface area contributed by atoms with Crippen LogP contribution in [0.25, 0.3) is 0 Å². The van der Waals surface area contributed by atoms with E-state index in [4.69, 9.17) is 5.11 Å². The average Bonchev–Trinajstić information content (AvgIpc) is 2.41. The first-order valence-electron chi connectivity index (χ1n) is 5.78. The Kier molecular flexibility index (Phi) is 4.29. The lowest BCUT2D eigenvalue weighted by molar-refractivity contribution is 0.0695. The number of rotatable bonds is 4. The van der Waals surface area contributed by atoms with Crippen molar-refractivity contribution >= 4 is 37.7 Å². The van der Waals surface area contributed by atoms with E-state index in [1.54, 1.807) is 19.1 Å². The van der Waals surface area contributed by atoms with Gasteiger partial charge in [0, 0.05) is 10.7 Å². The molecule has 6 nitrogen and oxygen atoms in total. The second-order valence-corrected chi connectivity index (χ2v) is 6.76. The largest absolute Gasteiger partial charge is 0.478 e. The normalized spacial score (nSPS) is 11.1. The third-order valence-electron chi connectivity index (χ3n) is 2.72. The van der Waals surface area contributed by atoms with Crippen molar-refractivity contribution in [3.05, 3.63) is 52.1 Å². The molecule has 1 aromatic carbocycles. The van der Waals surface area contributed by atoms with Crippen molar-refractivity contribution < 1.29 is 18.3 Å². The topological polar surface area (TPSA) is 96.4 Å². The summed E-state index contributed by atoms with van der Waals surface area (Å²) in [7, 11) is -3.91. The van der Waals surface area contributed by atoms with Gasteiger partial charge in [0.15, 0.2) is 0 Å². The molecule has 21 heavy (non-hydrogen) atoms. The van der Waals surface area contributed by atoms with E-state index in [1.165, 1.54) is 18.3 Å². The molecule has 0 saturated heterocycles. The van der Waals surface area contributed by atoms with Gasteiger partial charge >= 0.3 is 5.97 Å². The predicted octanol–water partition coefficient (Wildman–Crippen LogP) is 2.65. The zero-order valence-electron chi connectivity index (χ0n) is 10.9. The molecule has 1 aromatic heterocycles. The molecule has 0 aliphatic carbocycles. The number of carboxylic acid groups (broad SMARTS) is 1. The van der Waals surface area contributed by atoms with Crippen LogP contribution in [0.2, 0.25) is 0 Å². The van der Waals surface area contributed by atoms with Gasteiger partial charge in [-0.3, -0.25) is 4.72 Å². The lowest BCUT2D eigenvalue weighted by Crippen LogP contribution is -2.15. The minimum absolute atomic E-state index is 0.129. The summed E-state index contributed by atoms with van der Waals surface area (Å²) >= 11 is 3.07. The fraction of sp³-hybridized carbons (Fsp3) is 0.0769. The average molecular weight is 371 g/mol. The molecule has 0 bridgehead atoms. The summed E-state index contributed by atoms with van der Waals surface area (Å²) in [5.74, 6) is -1.01. The third kappa shape index (κ3) is 3.40. The number of halogens is 1. The number of benzene rings is 1. The fourth-order valence-corrected chi connectivity index (χ4v) is 3.14. The number of aryl methyl sites for hydroxylation is 1. The van der Waals surface area contributed by atoms with Crippen molar-refractivity contribution in [1.82, 2.24) is 4.98 Å². The molecule has 0 atom stereocenters. The first-order valence-corrected chi connectivity index (χ1v) is 8.06. The molecule has 0 spiro atoms. The van der Waals surface area contributed by atoms with Gasteiger partial charge in [0.2, 0.25) is 0 Å². The van der Waals surface area contributed by atoms with Crippen LogP contribution in [-0.2, 0) is 10.0 Å². The van der Waals surface area contributed by atoms with Gasteiger partial charge in [-0.15, -0.1) is 0 Å². The first-order chi connectivity index (χ1) is 9.81. The van der Waals surface area contributed by atoms with Crippen molar-refractivity contribution in [3.8, 4) is 0 Å². The quantitative estimate of drug-likeness (QED) is 0.862. The summed E-state index contributed by atoms with van der Waals surface area (Å²) in [5.41, 5.74) is 0.535. The summed E-state index contributed by atoms with van der Waals surface area (Å²) in [6.07, 6.45) is 1.47. The van der Waals surface area contributed by atoms with Crippen molar-refractivity contribution in [3.63, 3.8) is 0 Å².